The molecular formula is C32H25F3N4O2. The topological polar surface area (TPSA) is 75.5 Å². The Morgan fingerprint density at radius 3 is 2.27 bits per heavy atom. The first-order chi connectivity index (χ1) is 19.7. The average molecular weight is 555 g/mol. The first-order valence-corrected chi connectivity index (χ1v) is 13.1. The Morgan fingerprint density at radius 2 is 1.61 bits per heavy atom. The van der Waals surface area contributed by atoms with E-state index in [-0.39, 0.29) is 39.0 Å². The average Bonchev–Trinajstić information content (AvgIpc) is 3.66. The van der Waals surface area contributed by atoms with E-state index in [1.807, 2.05) is 30.3 Å². The van der Waals surface area contributed by atoms with Gasteiger partial charge in [-0.2, -0.15) is 5.10 Å². The lowest BCUT2D eigenvalue weighted by atomic mass is 9.96. The number of hydrogen-bond donors (Lipinski definition) is 2. The molecule has 3 aromatic carbocycles. The van der Waals surface area contributed by atoms with Crippen LogP contribution in [-0.4, -0.2) is 28.5 Å². The standard InChI is InChI=1S/C32H25F3N4O2/c1-18-24(16-20(17-25(18)34)30(40)37-32(13-14-32)21-6-4-3-5-7-21)23-12-15-39-29(27(23)35)26(31(41)36-2)28(38-39)19-8-10-22(33)11-9-19/h3-12,15-17H,13-14H2,1-2H3,(H,36,41)(H,37,40). The predicted molar refractivity (Wildman–Crippen MR) is 149 cm³/mol. The van der Waals surface area contributed by atoms with Gasteiger partial charge in [0.1, 0.15) is 22.8 Å². The second kappa shape index (κ2) is 9.92. The van der Waals surface area contributed by atoms with Crippen molar-refractivity contribution < 1.29 is 22.8 Å². The van der Waals surface area contributed by atoms with E-state index < -0.39 is 34.8 Å². The van der Waals surface area contributed by atoms with Crippen LogP contribution in [0.15, 0.2) is 79.0 Å². The maximum atomic E-state index is 16.3. The molecule has 0 spiro atoms. The van der Waals surface area contributed by atoms with Crippen LogP contribution in [0.3, 0.4) is 0 Å². The van der Waals surface area contributed by atoms with Crippen LogP contribution in [0.1, 0.15) is 44.7 Å². The van der Waals surface area contributed by atoms with Crippen molar-refractivity contribution in [3.05, 3.63) is 119 Å². The first-order valence-electron chi connectivity index (χ1n) is 13.1. The normalized spacial score (nSPS) is 13.7. The third-order valence-corrected chi connectivity index (χ3v) is 7.63. The highest BCUT2D eigenvalue weighted by Gasteiger charge is 2.45. The van der Waals surface area contributed by atoms with Crippen molar-refractivity contribution in [2.24, 2.45) is 0 Å². The zero-order valence-electron chi connectivity index (χ0n) is 22.3. The van der Waals surface area contributed by atoms with Crippen molar-refractivity contribution in [2.75, 3.05) is 7.05 Å². The van der Waals surface area contributed by atoms with Gasteiger partial charge in [0.25, 0.3) is 11.8 Å². The van der Waals surface area contributed by atoms with Gasteiger partial charge >= 0.3 is 0 Å². The second-order valence-electron chi connectivity index (χ2n) is 10.2. The summed E-state index contributed by atoms with van der Waals surface area (Å²) in [5.74, 6) is -3.01. The number of rotatable bonds is 6. The van der Waals surface area contributed by atoms with Crippen LogP contribution in [0.25, 0.3) is 27.9 Å². The summed E-state index contributed by atoms with van der Waals surface area (Å²) in [5.41, 5.74) is 1.23. The van der Waals surface area contributed by atoms with Crippen molar-refractivity contribution in [3.8, 4) is 22.4 Å². The molecule has 1 saturated carbocycles. The molecule has 2 heterocycles. The summed E-state index contributed by atoms with van der Waals surface area (Å²) in [6.45, 7) is 1.50. The molecule has 0 aliphatic heterocycles. The molecule has 6 nitrogen and oxygen atoms in total. The Hall–Kier alpha value is -4.92. The van der Waals surface area contributed by atoms with Crippen LogP contribution >= 0.6 is 0 Å². The number of nitrogens with zero attached hydrogens (tertiary/aromatic N) is 2. The highest BCUT2D eigenvalue weighted by Crippen LogP contribution is 2.45. The van der Waals surface area contributed by atoms with Gasteiger partial charge in [-0.1, -0.05) is 30.3 Å². The fourth-order valence-corrected chi connectivity index (χ4v) is 5.20. The lowest BCUT2D eigenvalue weighted by molar-refractivity contribution is 0.0928. The molecule has 0 unspecified atom stereocenters. The van der Waals surface area contributed by atoms with Crippen LogP contribution in [-0.2, 0) is 5.54 Å². The third-order valence-electron chi connectivity index (χ3n) is 7.63. The summed E-state index contributed by atoms with van der Waals surface area (Å²) in [6, 6.07) is 18.9. The Kier molecular flexibility index (Phi) is 6.37. The summed E-state index contributed by atoms with van der Waals surface area (Å²) in [6.07, 6.45) is 2.98. The Morgan fingerprint density at radius 1 is 0.902 bits per heavy atom. The van der Waals surface area contributed by atoms with Crippen LogP contribution < -0.4 is 10.6 Å². The van der Waals surface area contributed by atoms with Gasteiger partial charge in [-0.25, -0.2) is 17.7 Å². The van der Waals surface area contributed by atoms with E-state index >= 15 is 8.78 Å². The summed E-state index contributed by atoms with van der Waals surface area (Å²) in [7, 11) is 1.41. The van der Waals surface area contributed by atoms with Crippen molar-refractivity contribution in [2.45, 2.75) is 25.3 Å². The number of halogens is 3. The highest BCUT2D eigenvalue weighted by molar-refractivity contribution is 6.07. The monoisotopic (exact) mass is 554 g/mol. The van der Waals surface area contributed by atoms with E-state index in [9.17, 15) is 14.0 Å². The van der Waals surface area contributed by atoms with Crippen LogP contribution in [0, 0.1) is 24.4 Å². The molecule has 2 N–H and O–H groups in total. The molecule has 2 amide bonds. The van der Waals surface area contributed by atoms with Crippen molar-refractivity contribution in [3.63, 3.8) is 0 Å². The quantitative estimate of drug-likeness (QED) is 0.264. The number of benzene rings is 3. The minimum atomic E-state index is -0.810. The molecular weight excluding hydrogens is 529 g/mol. The van der Waals surface area contributed by atoms with Crippen LogP contribution in [0.5, 0.6) is 0 Å². The Bertz CT molecular complexity index is 1830. The molecule has 9 heteroatoms. The molecule has 0 bridgehead atoms. The molecule has 0 radical (unpaired) electrons. The van der Waals surface area contributed by atoms with E-state index in [4.69, 9.17) is 0 Å². The molecule has 1 aliphatic rings. The molecule has 41 heavy (non-hydrogen) atoms. The Balaban J connectivity index is 1.45. The number of aromatic nitrogens is 2. The zero-order chi connectivity index (χ0) is 28.9. The van der Waals surface area contributed by atoms with Gasteiger partial charge in [0.2, 0.25) is 0 Å². The minimum absolute atomic E-state index is 0.00320. The van der Waals surface area contributed by atoms with Gasteiger partial charge in [-0.15, -0.1) is 0 Å². The Labute approximate surface area is 233 Å². The predicted octanol–water partition coefficient (Wildman–Crippen LogP) is 6.17. The number of carbonyl (C=O) groups excluding carboxylic acids is 2. The largest absolute Gasteiger partial charge is 0.355 e. The molecule has 2 aromatic heterocycles. The number of nitrogens with one attached hydrogen (secondary N) is 2. The summed E-state index contributed by atoms with van der Waals surface area (Å²) in [4.78, 5) is 26.3. The lowest BCUT2D eigenvalue weighted by Gasteiger charge is -2.19. The third kappa shape index (κ3) is 4.53. The SMILES string of the molecule is CNC(=O)c1c(-c2ccc(F)cc2)nn2ccc(-c3cc(C(=O)NC4(c5ccccc5)CC4)cc(F)c3C)c(F)c12. The molecule has 1 aliphatic carbocycles. The van der Waals surface area contributed by atoms with Gasteiger partial charge in [0.15, 0.2) is 5.82 Å². The number of pyridine rings is 1. The van der Waals surface area contributed by atoms with E-state index in [0.29, 0.717) is 5.56 Å². The van der Waals surface area contributed by atoms with E-state index in [2.05, 4.69) is 15.7 Å². The summed E-state index contributed by atoms with van der Waals surface area (Å²) in [5, 5.41) is 9.94. The number of amides is 2. The number of fused-ring (bicyclic) bond motifs is 1. The molecule has 6 rings (SSSR count). The number of hydrogen-bond acceptors (Lipinski definition) is 3. The highest BCUT2D eigenvalue weighted by atomic mass is 19.1. The molecule has 0 atom stereocenters. The van der Waals surface area contributed by atoms with E-state index in [1.54, 1.807) is 0 Å². The zero-order valence-corrected chi connectivity index (χ0v) is 22.3. The van der Waals surface area contributed by atoms with Crippen LogP contribution in [0.2, 0.25) is 0 Å². The molecule has 1 fully saturated rings. The van der Waals surface area contributed by atoms with Crippen molar-refractivity contribution in [1.29, 1.82) is 0 Å². The van der Waals surface area contributed by atoms with Gasteiger partial charge in [-0.3, -0.25) is 9.59 Å². The molecule has 0 saturated heterocycles. The first kappa shape index (κ1) is 26.3. The van der Waals surface area contributed by atoms with Gasteiger partial charge in [0.05, 0.1) is 11.1 Å². The van der Waals surface area contributed by atoms with Gasteiger partial charge in [-0.05, 0) is 78.9 Å². The molecule has 206 valence electrons. The van der Waals surface area contributed by atoms with Gasteiger partial charge < -0.3 is 10.6 Å². The lowest BCUT2D eigenvalue weighted by Crippen LogP contribution is -2.34. The minimum Gasteiger partial charge on any atom is -0.355 e. The maximum Gasteiger partial charge on any atom is 0.255 e. The van der Waals surface area contributed by atoms with Crippen LogP contribution in [0.4, 0.5) is 13.2 Å². The van der Waals surface area contributed by atoms with Gasteiger partial charge in [0, 0.05) is 29.9 Å². The summed E-state index contributed by atoms with van der Waals surface area (Å²) >= 11 is 0. The fourth-order valence-electron chi connectivity index (χ4n) is 5.20. The molecule has 5 aromatic rings. The smallest absolute Gasteiger partial charge is 0.255 e. The maximum absolute atomic E-state index is 16.3. The van der Waals surface area contributed by atoms with E-state index in [1.165, 1.54) is 61.1 Å². The van der Waals surface area contributed by atoms with Crippen molar-refractivity contribution in [1.82, 2.24) is 20.2 Å². The second-order valence-corrected chi connectivity index (χ2v) is 10.2. The van der Waals surface area contributed by atoms with E-state index in [0.717, 1.165) is 24.5 Å². The van der Waals surface area contributed by atoms with Crippen molar-refractivity contribution >= 4 is 17.3 Å². The fraction of sp³-hybridized carbons (Fsp3) is 0.156. The number of carbonyl (C=O) groups is 2. The summed E-state index contributed by atoms with van der Waals surface area (Å²) < 4.78 is 46.3.